The van der Waals surface area contributed by atoms with Crippen LogP contribution in [-0.2, 0) is 14.6 Å². The molecule has 3 aliphatic heterocycles. The molecule has 4 aromatic rings. The van der Waals surface area contributed by atoms with E-state index in [2.05, 4.69) is 14.9 Å². The molecule has 0 radical (unpaired) electrons. The van der Waals surface area contributed by atoms with E-state index in [1.165, 1.54) is 31.4 Å². The second kappa shape index (κ2) is 13.7. The van der Waals surface area contributed by atoms with Crippen LogP contribution in [0.4, 0.5) is 14.6 Å². The Morgan fingerprint density at radius 1 is 1.04 bits per heavy atom. The molecular formula is C38H45F2N5O7S. The van der Waals surface area contributed by atoms with E-state index in [0.29, 0.717) is 24.8 Å². The van der Waals surface area contributed by atoms with Crippen LogP contribution in [0.3, 0.4) is 0 Å². The van der Waals surface area contributed by atoms with Crippen molar-refractivity contribution in [2.24, 2.45) is 5.41 Å². The van der Waals surface area contributed by atoms with Gasteiger partial charge < -0.3 is 29.3 Å². The lowest BCUT2D eigenvalue weighted by Gasteiger charge is -2.50. The van der Waals surface area contributed by atoms with Crippen molar-refractivity contribution in [3.63, 3.8) is 0 Å². The van der Waals surface area contributed by atoms with Crippen molar-refractivity contribution in [2.75, 3.05) is 63.0 Å². The van der Waals surface area contributed by atoms with Crippen LogP contribution in [0, 0.1) is 17.0 Å². The zero-order valence-corrected chi connectivity index (χ0v) is 30.8. The van der Waals surface area contributed by atoms with E-state index in [4.69, 9.17) is 19.2 Å². The third kappa shape index (κ3) is 6.74. The molecule has 2 N–H and O–H groups in total. The number of anilines is 1. The molecule has 0 unspecified atom stereocenters. The molecule has 2 aromatic carbocycles. The van der Waals surface area contributed by atoms with Crippen molar-refractivity contribution in [2.45, 2.75) is 69.6 Å². The SMILES string of the molecule is COc1nc(-c2cc(O)cc3cccc(F)c23)c(F)c2nc(OC[C@]34CCC[C@H]3N(C3CCS(=O)(=O)CC3)CCC4)nc(N3CCOC[C@@](C)(O)C3)c12. The molecule has 0 spiro atoms. The van der Waals surface area contributed by atoms with Crippen molar-refractivity contribution in [3.8, 4) is 28.9 Å². The molecule has 12 nitrogen and oxygen atoms in total. The number of nitrogens with zero attached hydrogens (tertiary/aromatic N) is 5. The van der Waals surface area contributed by atoms with Crippen molar-refractivity contribution < 1.29 is 41.6 Å². The Morgan fingerprint density at radius 3 is 2.62 bits per heavy atom. The Morgan fingerprint density at radius 2 is 1.83 bits per heavy atom. The lowest BCUT2D eigenvalue weighted by atomic mass is 9.74. The summed E-state index contributed by atoms with van der Waals surface area (Å²) in [4.78, 5) is 18.3. The monoisotopic (exact) mass is 753 g/mol. The number of phenols is 1. The number of pyridine rings is 1. The molecule has 4 fully saturated rings. The summed E-state index contributed by atoms with van der Waals surface area (Å²) < 4.78 is 74.9. The van der Waals surface area contributed by atoms with Crippen LogP contribution in [0.25, 0.3) is 32.9 Å². The summed E-state index contributed by atoms with van der Waals surface area (Å²) in [6, 6.07) is 7.40. The van der Waals surface area contributed by atoms with Crippen LogP contribution in [0.5, 0.6) is 17.6 Å². The molecule has 0 bridgehead atoms. The maximum atomic E-state index is 17.1. The predicted molar refractivity (Wildman–Crippen MR) is 195 cm³/mol. The number of piperidine rings is 1. The molecule has 4 aliphatic rings. The highest BCUT2D eigenvalue weighted by molar-refractivity contribution is 7.91. The Bertz CT molecular complexity index is 2160. The zero-order valence-electron chi connectivity index (χ0n) is 30.0. The number of ether oxygens (including phenoxy) is 3. The lowest BCUT2D eigenvalue weighted by Crippen LogP contribution is -2.56. The molecule has 15 heteroatoms. The van der Waals surface area contributed by atoms with E-state index in [-0.39, 0.29) is 106 Å². The number of sulfone groups is 1. The fourth-order valence-electron chi connectivity index (χ4n) is 9.25. The largest absolute Gasteiger partial charge is 0.508 e. The third-order valence-corrected chi connectivity index (χ3v) is 13.4. The summed E-state index contributed by atoms with van der Waals surface area (Å²) in [5.74, 6) is -1.05. The fourth-order valence-corrected chi connectivity index (χ4v) is 10.7. The van der Waals surface area contributed by atoms with E-state index >= 15 is 8.78 Å². The smallest absolute Gasteiger partial charge is 0.319 e. The number of β-amino-alcohol motifs (C(OH)–C–C–N with tert-alkyl or cyclic N) is 1. The molecule has 1 saturated carbocycles. The zero-order chi connectivity index (χ0) is 37.1. The molecule has 1 aliphatic carbocycles. The van der Waals surface area contributed by atoms with Gasteiger partial charge in [0.25, 0.3) is 0 Å². The first kappa shape index (κ1) is 36.1. The van der Waals surface area contributed by atoms with Crippen LogP contribution in [-0.4, -0.2) is 114 Å². The first-order valence-corrected chi connectivity index (χ1v) is 20.2. The lowest BCUT2D eigenvalue weighted by molar-refractivity contribution is -0.0246. The summed E-state index contributed by atoms with van der Waals surface area (Å²) >= 11 is 0. The predicted octanol–water partition coefficient (Wildman–Crippen LogP) is 5.02. The van der Waals surface area contributed by atoms with Gasteiger partial charge in [-0.15, -0.1) is 0 Å². The number of methoxy groups -OCH3 is 1. The number of likely N-dealkylation sites (tertiary alicyclic amines) is 1. The van der Waals surface area contributed by atoms with E-state index in [0.717, 1.165) is 38.6 Å². The number of halogens is 2. The molecular weight excluding hydrogens is 709 g/mol. The van der Waals surface area contributed by atoms with Crippen LogP contribution < -0.4 is 14.4 Å². The Labute approximate surface area is 307 Å². The molecule has 53 heavy (non-hydrogen) atoms. The molecule has 284 valence electrons. The molecule has 3 atom stereocenters. The van der Waals surface area contributed by atoms with Crippen molar-refractivity contribution >= 4 is 37.3 Å². The quantitative estimate of drug-likeness (QED) is 0.261. The van der Waals surface area contributed by atoms with Gasteiger partial charge in [-0.1, -0.05) is 18.6 Å². The molecule has 2 aromatic heterocycles. The maximum Gasteiger partial charge on any atom is 0.319 e. The highest BCUT2D eigenvalue weighted by Crippen LogP contribution is 2.50. The van der Waals surface area contributed by atoms with E-state index in [1.54, 1.807) is 17.9 Å². The van der Waals surface area contributed by atoms with Crippen LogP contribution in [0.1, 0.15) is 51.9 Å². The summed E-state index contributed by atoms with van der Waals surface area (Å²) in [7, 11) is -1.61. The summed E-state index contributed by atoms with van der Waals surface area (Å²) in [6.07, 6.45) is 6.06. The van der Waals surface area contributed by atoms with E-state index in [9.17, 15) is 18.6 Å². The van der Waals surface area contributed by atoms with Gasteiger partial charge in [0.2, 0.25) is 5.88 Å². The van der Waals surface area contributed by atoms with Gasteiger partial charge >= 0.3 is 6.01 Å². The Kier molecular flexibility index (Phi) is 9.35. The molecule has 0 amide bonds. The standard InChI is InChI=1S/C38H45F2N5O7S/c1-37(47)20-44(14-15-51-21-37)34-30-33(31(40)32(41-35(30)50-2)26-19-25(46)18-23-6-3-7-27(39)29(23)26)42-36(43-34)52-22-38-11-4-8-28(38)45(13-5-12-38)24-9-16-53(48,49)17-10-24/h3,6-7,18-19,24,28,46-47H,4-5,8-17,20-22H2,1-2H3/t28-,37+,38-/m1/s1. The van der Waals surface area contributed by atoms with Gasteiger partial charge in [0.15, 0.2) is 5.82 Å². The highest BCUT2D eigenvalue weighted by Gasteiger charge is 2.50. The number of aromatic hydroxyl groups is 1. The number of hydrogen-bond acceptors (Lipinski definition) is 12. The minimum Gasteiger partial charge on any atom is -0.508 e. The number of aliphatic hydroxyl groups is 1. The average Bonchev–Trinajstić information content (AvgIpc) is 3.47. The van der Waals surface area contributed by atoms with Gasteiger partial charge in [0, 0.05) is 35.0 Å². The number of phenolic OH excluding ortho intramolecular Hbond substituents is 1. The van der Waals surface area contributed by atoms with Gasteiger partial charge in [-0.05, 0) is 75.6 Å². The number of hydrogen-bond donors (Lipinski definition) is 2. The van der Waals surface area contributed by atoms with Crippen LogP contribution in [0.2, 0.25) is 0 Å². The fraction of sp³-hybridized carbons (Fsp3) is 0.553. The van der Waals surface area contributed by atoms with Gasteiger partial charge in [0.1, 0.15) is 49.4 Å². The van der Waals surface area contributed by atoms with Gasteiger partial charge in [-0.25, -0.2) is 22.2 Å². The van der Waals surface area contributed by atoms with E-state index < -0.39 is 27.1 Å². The normalized spacial score (nSPS) is 26.8. The van der Waals surface area contributed by atoms with Crippen LogP contribution >= 0.6 is 0 Å². The number of fused-ring (bicyclic) bond motifs is 3. The summed E-state index contributed by atoms with van der Waals surface area (Å²) in [6.45, 7) is 3.62. The topological polar surface area (TPSA) is 147 Å². The minimum absolute atomic E-state index is 0.0232. The maximum absolute atomic E-state index is 17.1. The highest BCUT2D eigenvalue weighted by atomic mass is 32.2. The van der Waals surface area contributed by atoms with E-state index in [1.807, 2.05) is 0 Å². The van der Waals surface area contributed by atoms with Crippen molar-refractivity contribution in [3.05, 3.63) is 42.0 Å². The van der Waals surface area contributed by atoms with Crippen LogP contribution in [0.15, 0.2) is 30.3 Å². The Hall–Kier alpha value is -3.92. The van der Waals surface area contributed by atoms with Gasteiger partial charge in [-0.3, -0.25) is 4.90 Å². The number of rotatable bonds is 7. The molecule has 5 heterocycles. The van der Waals surface area contributed by atoms with Crippen molar-refractivity contribution in [1.82, 2.24) is 19.9 Å². The first-order chi connectivity index (χ1) is 25.4. The van der Waals surface area contributed by atoms with Gasteiger partial charge in [-0.2, -0.15) is 9.97 Å². The first-order valence-electron chi connectivity index (χ1n) is 18.4. The number of aromatic nitrogens is 3. The minimum atomic E-state index is -2.99. The van der Waals surface area contributed by atoms with Crippen molar-refractivity contribution in [1.29, 1.82) is 0 Å². The Balaban J connectivity index is 1.23. The molecule has 8 rings (SSSR count). The second-order valence-electron chi connectivity index (χ2n) is 15.4. The van der Waals surface area contributed by atoms with Gasteiger partial charge in [0.05, 0.1) is 45.0 Å². The summed E-state index contributed by atoms with van der Waals surface area (Å²) in [5, 5.41) is 22.3. The number of benzene rings is 2. The second-order valence-corrected chi connectivity index (χ2v) is 17.7. The average molecular weight is 754 g/mol. The molecule has 3 saturated heterocycles. The third-order valence-electron chi connectivity index (χ3n) is 11.7. The summed E-state index contributed by atoms with van der Waals surface area (Å²) in [5.41, 5.74) is -1.89.